The first-order valence-corrected chi connectivity index (χ1v) is 4.43. The average molecular weight is 213 g/mol. The van der Waals surface area contributed by atoms with E-state index in [1.807, 2.05) is 0 Å². The van der Waals surface area contributed by atoms with Gasteiger partial charge in [-0.25, -0.2) is 13.2 Å². The predicted octanol–water partition coefficient (Wildman–Crippen LogP) is 2.06. The van der Waals surface area contributed by atoms with Gasteiger partial charge < -0.3 is 5.32 Å². The summed E-state index contributed by atoms with van der Waals surface area (Å²) in [6, 6.07) is 1.26. The van der Waals surface area contributed by atoms with E-state index in [0.29, 0.717) is 19.0 Å². The van der Waals surface area contributed by atoms with E-state index in [4.69, 9.17) is 0 Å². The van der Waals surface area contributed by atoms with Gasteiger partial charge in [0.25, 0.3) is 0 Å². The van der Waals surface area contributed by atoms with Crippen LogP contribution >= 0.6 is 0 Å². The molecule has 0 aliphatic heterocycles. The van der Waals surface area contributed by atoms with Gasteiger partial charge in [0.2, 0.25) is 0 Å². The summed E-state index contributed by atoms with van der Waals surface area (Å²) in [5, 5.41) is 2.86. The van der Waals surface area contributed by atoms with Gasteiger partial charge in [-0.05, 0) is 13.1 Å². The fraction of sp³-hybridized carbons (Fsp3) is 0.273. The van der Waals surface area contributed by atoms with E-state index < -0.39 is 17.5 Å². The SMILES string of the molecule is CNCCC#Cc1cc(F)c(F)cc1F. The first-order valence-electron chi connectivity index (χ1n) is 4.43. The number of nitrogens with one attached hydrogen (secondary N) is 1. The molecular formula is C11H10F3N. The third kappa shape index (κ3) is 3.30. The second kappa shape index (κ2) is 5.42. The summed E-state index contributed by atoms with van der Waals surface area (Å²) in [7, 11) is 1.76. The molecule has 1 N–H and O–H groups in total. The van der Waals surface area contributed by atoms with E-state index in [-0.39, 0.29) is 5.56 Å². The van der Waals surface area contributed by atoms with Crippen LogP contribution in [0, 0.1) is 29.3 Å². The minimum atomic E-state index is -1.20. The molecule has 0 radical (unpaired) electrons. The number of halogens is 3. The van der Waals surface area contributed by atoms with Crippen LogP contribution in [0.2, 0.25) is 0 Å². The van der Waals surface area contributed by atoms with E-state index in [2.05, 4.69) is 17.2 Å². The molecule has 1 aromatic carbocycles. The highest BCUT2D eigenvalue weighted by molar-refractivity contribution is 5.36. The molecule has 1 aromatic rings. The van der Waals surface area contributed by atoms with Crippen molar-refractivity contribution >= 4 is 0 Å². The monoisotopic (exact) mass is 213 g/mol. The molecule has 0 spiro atoms. The molecule has 0 aliphatic rings. The molecule has 0 unspecified atom stereocenters. The zero-order chi connectivity index (χ0) is 11.3. The number of hydrogen-bond donors (Lipinski definition) is 1. The Balaban J connectivity index is 2.84. The van der Waals surface area contributed by atoms with Gasteiger partial charge in [-0.15, -0.1) is 0 Å². The minimum absolute atomic E-state index is 0.120. The van der Waals surface area contributed by atoms with E-state index in [1.165, 1.54) is 0 Å². The summed E-state index contributed by atoms with van der Waals surface area (Å²) in [4.78, 5) is 0. The van der Waals surface area contributed by atoms with Gasteiger partial charge in [-0.3, -0.25) is 0 Å². The lowest BCUT2D eigenvalue weighted by Gasteiger charge is -1.96. The Morgan fingerprint density at radius 1 is 1.13 bits per heavy atom. The lowest BCUT2D eigenvalue weighted by atomic mass is 10.2. The van der Waals surface area contributed by atoms with Gasteiger partial charge in [0.15, 0.2) is 11.6 Å². The Morgan fingerprint density at radius 3 is 2.47 bits per heavy atom. The quantitative estimate of drug-likeness (QED) is 0.450. The second-order valence-electron chi connectivity index (χ2n) is 2.90. The standard InChI is InChI=1S/C11H10F3N/c1-15-5-3-2-4-8-6-10(13)11(14)7-9(8)12/h6-7,15H,3,5H2,1H3. The molecule has 0 atom stereocenters. The number of rotatable bonds is 2. The molecule has 1 rings (SSSR count). The maximum atomic E-state index is 13.0. The molecular weight excluding hydrogens is 203 g/mol. The second-order valence-corrected chi connectivity index (χ2v) is 2.90. The highest BCUT2D eigenvalue weighted by Gasteiger charge is 2.07. The van der Waals surface area contributed by atoms with Crippen LogP contribution < -0.4 is 5.32 Å². The zero-order valence-electron chi connectivity index (χ0n) is 8.20. The van der Waals surface area contributed by atoms with E-state index in [9.17, 15) is 13.2 Å². The van der Waals surface area contributed by atoms with Crippen molar-refractivity contribution in [2.24, 2.45) is 0 Å². The van der Waals surface area contributed by atoms with Crippen molar-refractivity contribution in [1.82, 2.24) is 5.32 Å². The van der Waals surface area contributed by atoms with Gasteiger partial charge in [0.05, 0.1) is 5.56 Å². The molecule has 15 heavy (non-hydrogen) atoms. The van der Waals surface area contributed by atoms with Gasteiger partial charge in [-0.1, -0.05) is 11.8 Å². The topological polar surface area (TPSA) is 12.0 Å². The van der Waals surface area contributed by atoms with Crippen molar-refractivity contribution in [2.45, 2.75) is 6.42 Å². The van der Waals surface area contributed by atoms with Crippen molar-refractivity contribution in [1.29, 1.82) is 0 Å². The summed E-state index contributed by atoms with van der Waals surface area (Å²) >= 11 is 0. The Morgan fingerprint density at radius 2 is 1.80 bits per heavy atom. The Kier molecular flexibility index (Phi) is 4.19. The lowest BCUT2D eigenvalue weighted by molar-refractivity contribution is 0.494. The molecule has 0 heterocycles. The van der Waals surface area contributed by atoms with Crippen LogP contribution in [0.1, 0.15) is 12.0 Å². The van der Waals surface area contributed by atoms with Crippen molar-refractivity contribution in [3.05, 3.63) is 35.1 Å². The van der Waals surface area contributed by atoms with Crippen molar-refractivity contribution in [3.8, 4) is 11.8 Å². The molecule has 0 aromatic heterocycles. The molecule has 4 heteroatoms. The zero-order valence-corrected chi connectivity index (χ0v) is 8.20. The largest absolute Gasteiger partial charge is 0.319 e. The Bertz CT molecular complexity index is 404. The van der Waals surface area contributed by atoms with Crippen LogP contribution in [0.25, 0.3) is 0 Å². The van der Waals surface area contributed by atoms with Gasteiger partial charge in [0, 0.05) is 19.0 Å². The van der Waals surface area contributed by atoms with Crippen LogP contribution in [0.5, 0.6) is 0 Å². The summed E-state index contributed by atoms with van der Waals surface area (Å²) in [6.07, 6.45) is 0.523. The van der Waals surface area contributed by atoms with Gasteiger partial charge in [-0.2, -0.15) is 0 Å². The van der Waals surface area contributed by atoms with Crippen LogP contribution in [-0.2, 0) is 0 Å². The normalized spacial score (nSPS) is 9.60. The maximum Gasteiger partial charge on any atom is 0.161 e. The molecule has 0 fully saturated rings. The smallest absolute Gasteiger partial charge is 0.161 e. The predicted molar refractivity (Wildman–Crippen MR) is 51.7 cm³/mol. The van der Waals surface area contributed by atoms with Crippen LogP contribution in [-0.4, -0.2) is 13.6 Å². The molecule has 0 aliphatic carbocycles. The van der Waals surface area contributed by atoms with Gasteiger partial charge >= 0.3 is 0 Å². The third-order valence-electron chi connectivity index (χ3n) is 1.73. The highest BCUT2D eigenvalue weighted by Crippen LogP contribution is 2.12. The molecule has 0 bridgehead atoms. The average Bonchev–Trinajstić information content (AvgIpc) is 2.20. The number of hydrogen-bond acceptors (Lipinski definition) is 1. The minimum Gasteiger partial charge on any atom is -0.319 e. The van der Waals surface area contributed by atoms with E-state index >= 15 is 0 Å². The summed E-state index contributed by atoms with van der Waals surface area (Å²) < 4.78 is 38.3. The molecule has 1 nitrogen and oxygen atoms in total. The Labute approximate surface area is 86.3 Å². The van der Waals surface area contributed by atoms with Gasteiger partial charge in [0.1, 0.15) is 5.82 Å². The fourth-order valence-electron chi connectivity index (χ4n) is 0.964. The van der Waals surface area contributed by atoms with Crippen LogP contribution in [0.15, 0.2) is 12.1 Å². The first-order chi connectivity index (χ1) is 7.15. The van der Waals surface area contributed by atoms with Crippen molar-refractivity contribution in [2.75, 3.05) is 13.6 Å². The summed E-state index contributed by atoms with van der Waals surface area (Å²) in [6.45, 7) is 0.665. The van der Waals surface area contributed by atoms with Crippen LogP contribution in [0.3, 0.4) is 0 Å². The fourth-order valence-corrected chi connectivity index (χ4v) is 0.964. The van der Waals surface area contributed by atoms with E-state index in [1.54, 1.807) is 7.05 Å². The summed E-state index contributed by atoms with van der Waals surface area (Å²) in [5.74, 6) is 1.96. The first kappa shape index (κ1) is 11.6. The van der Waals surface area contributed by atoms with E-state index in [0.717, 1.165) is 6.07 Å². The van der Waals surface area contributed by atoms with Crippen LogP contribution in [0.4, 0.5) is 13.2 Å². The number of benzene rings is 1. The summed E-state index contributed by atoms with van der Waals surface area (Å²) in [5.41, 5.74) is -0.120. The highest BCUT2D eigenvalue weighted by atomic mass is 19.2. The van der Waals surface area contributed by atoms with Crippen molar-refractivity contribution < 1.29 is 13.2 Å². The Hall–Kier alpha value is -1.47. The van der Waals surface area contributed by atoms with Crippen molar-refractivity contribution in [3.63, 3.8) is 0 Å². The lowest BCUT2D eigenvalue weighted by Crippen LogP contribution is -2.05. The molecule has 0 amide bonds. The maximum absolute atomic E-state index is 13.0. The molecule has 0 saturated carbocycles. The third-order valence-corrected chi connectivity index (χ3v) is 1.73. The molecule has 80 valence electrons. The molecule has 0 saturated heterocycles.